The molecule has 0 saturated heterocycles. The van der Waals surface area contributed by atoms with E-state index in [-0.39, 0.29) is 0 Å². The zero-order chi connectivity index (χ0) is 12.0. The third-order valence-corrected chi connectivity index (χ3v) is 4.07. The Morgan fingerprint density at radius 1 is 0.800 bits per heavy atom. The van der Waals surface area contributed by atoms with Crippen LogP contribution in [0.4, 0.5) is 0 Å². The largest absolute Gasteiger partial charge is 0.0651 e. The summed E-state index contributed by atoms with van der Waals surface area (Å²) in [6, 6.07) is 0. The van der Waals surface area contributed by atoms with E-state index in [0.29, 0.717) is 0 Å². The second-order valence-electron chi connectivity index (χ2n) is 5.97. The molecule has 0 N–H and O–H groups in total. The lowest BCUT2D eigenvalue weighted by Crippen LogP contribution is -2.25. The van der Waals surface area contributed by atoms with Gasteiger partial charge >= 0.3 is 0 Å². The molecule has 0 aromatic rings. The van der Waals surface area contributed by atoms with E-state index in [2.05, 4.69) is 48.5 Å². The number of rotatable bonds is 7. The van der Waals surface area contributed by atoms with Crippen LogP contribution in [0.3, 0.4) is 0 Å². The van der Waals surface area contributed by atoms with Gasteiger partial charge in [-0.2, -0.15) is 0 Å². The van der Waals surface area contributed by atoms with Crippen LogP contribution in [0, 0.1) is 29.6 Å². The van der Waals surface area contributed by atoms with Gasteiger partial charge in [0.1, 0.15) is 0 Å². The third-order valence-electron chi connectivity index (χ3n) is 4.07. The second kappa shape index (κ2) is 7.30. The van der Waals surface area contributed by atoms with Crippen molar-refractivity contribution in [1.82, 2.24) is 0 Å². The highest BCUT2D eigenvalue weighted by atomic mass is 14.3. The number of hydrogen-bond acceptors (Lipinski definition) is 0. The van der Waals surface area contributed by atoms with Gasteiger partial charge in [-0.25, -0.2) is 0 Å². The summed E-state index contributed by atoms with van der Waals surface area (Å²) in [6.45, 7) is 16.7. The minimum atomic E-state index is 0.836. The summed E-state index contributed by atoms with van der Waals surface area (Å²) < 4.78 is 0. The summed E-state index contributed by atoms with van der Waals surface area (Å²) in [5.74, 6) is 4.41. The Balaban J connectivity index is 4.45. The van der Waals surface area contributed by atoms with E-state index < -0.39 is 0 Å². The van der Waals surface area contributed by atoms with E-state index in [1.54, 1.807) is 0 Å². The zero-order valence-electron chi connectivity index (χ0n) is 12.0. The maximum absolute atomic E-state index is 2.48. The van der Waals surface area contributed by atoms with Crippen molar-refractivity contribution < 1.29 is 0 Å². The predicted molar refractivity (Wildman–Crippen MR) is 71.0 cm³/mol. The van der Waals surface area contributed by atoms with Crippen LogP contribution in [0.2, 0.25) is 0 Å². The first-order valence-electron chi connectivity index (χ1n) is 6.93. The molecule has 0 aliphatic heterocycles. The van der Waals surface area contributed by atoms with Gasteiger partial charge in [-0.05, 0) is 36.0 Å². The fraction of sp³-hybridized carbons (Fsp3) is 1.00. The molecule has 0 radical (unpaired) electrons. The molecule has 0 amide bonds. The lowest BCUT2D eigenvalue weighted by atomic mass is 9.72. The van der Waals surface area contributed by atoms with E-state index in [4.69, 9.17) is 0 Å². The van der Waals surface area contributed by atoms with Gasteiger partial charge < -0.3 is 0 Å². The molecule has 0 aliphatic rings. The molecule has 92 valence electrons. The molecule has 0 fully saturated rings. The fourth-order valence-corrected chi connectivity index (χ4v) is 3.02. The van der Waals surface area contributed by atoms with Crippen molar-refractivity contribution in [3.8, 4) is 0 Å². The molecular weight excluding hydrogens is 180 g/mol. The second-order valence-corrected chi connectivity index (χ2v) is 5.97. The molecule has 15 heavy (non-hydrogen) atoms. The summed E-state index contributed by atoms with van der Waals surface area (Å²) in [4.78, 5) is 0. The summed E-state index contributed by atoms with van der Waals surface area (Å²) in [7, 11) is 0. The number of hydrogen-bond donors (Lipinski definition) is 0. The van der Waals surface area contributed by atoms with Crippen LogP contribution in [-0.2, 0) is 0 Å². The molecule has 0 bridgehead atoms. The van der Waals surface area contributed by atoms with Gasteiger partial charge in [-0.3, -0.25) is 0 Å². The molecule has 0 heteroatoms. The minimum absolute atomic E-state index is 0.836. The Bertz CT molecular complexity index is 142. The maximum Gasteiger partial charge on any atom is -0.0360 e. The lowest BCUT2D eigenvalue weighted by molar-refractivity contribution is 0.159. The Hall–Kier alpha value is 0. The van der Waals surface area contributed by atoms with Gasteiger partial charge in [0.25, 0.3) is 0 Å². The lowest BCUT2D eigenvalue weighted by Gasteiger charge is -2.34. The van der Waals surface area contributed by atoms with Gasteiger partial charge in [0.05, 0.1) is 0 Å². The van der Waals surface area contributed by atoms with Crippen molar-refractivity contribution >= 4 is 0 Å². The highest BCUT2D eigenvalue weighted by molar-refractivity contribution is 4.76. The topological polar surface area (TPSA) is 0 Å². The molecule has 2 unspecified atom stereocenters. The molecular formula is C15H32. The first-order chi connectivity index (χ1) is 6.93. The van der Waals surface area contributed by atoms with Crippen LogP contribution in [-0.4, -0.2) is 0 Å². The van der Waals surface area contributed by atoms with Crippen molar-refractivity contribution in [3.05, 3.63) is 0 Å². The van der Waals surface area contributed by atoms with E-state index in [9.17, 15) is 0 Å². The van der Waals surface area contributed by atoms with Crippen LogP contribution >= 0.6 is 0 Å². The summed E-state index contributed by atoms with van der Waals surface area (Å²) in [5, 5.41) is 0. The average molecular weight is 212 g/mol. The summed E-state index contributed by atoms with van der Waals surface area (Å²) in [6.07, 6.45) is 4.09. The van der Waals surface area contributed by atoms with Crippen LogP contribution in [0.15, 0.2) is 0 Å². The zero-order valence-corrected chi connectivity index (χ0v) is 12.0. The monoisotopic (exact) mass is 212 g/mol. The van der Waals surface area contributed by atoms with E-state index in [1.165, 1.54) is 19.3 Å². The average Bonchev–Trinajstić information content (AvgIpc) is 2.15. The van der Waals surface area contributed by atoms with Gasteiger partial charge in [0.2, 0.25) is 0 Å². The molecule has 0 aromatic heterocycles. The fourth-order valence-electron chi connectivity index (χ4n) is 3.02. The highest BCUT2D eigenvalue weighted by Gasteiger charge is 2.26. The molecule has 0 heterocycles. The Kier molecular flexibility index (Phi) is 7.30. The van der Waals surface area contributed by atoms with Gasteiger partial charge in [-0.1, -0.05) is 61.3 Å². The van der Waals surface area contributed by atoms with E-state index in [1.807, 2.05) is 0 Å². The van der Waals surface area contributed by atoms with Crippen molar-refractivity contribution in [2.24, 2.45) is 29.6 Å². The molecule has 0 nitrogen and oxygen atoms in total. The summed E-state index contributed by atoms with van der Waals surface area (Å²) >= 11 is 0. The maximum atomic E-state index is 2.48. The molecule has 0 saturated carbocycles. The molecule has 0 spiro atoms. The normalized spacial score (nSPS) is 16.4. The van der Waals surface area contributed by atoms with E-state index >= 15 is 0 Å². The van der Waals surface area contributed by atoms with Crippen molar-refractivity contribution in [1.29, 1.82) is 0 Å². The molecule has 0 aromatic carbocycles. The smallest absolute Gasteiger partial charge is 0.0360 e. The van der Waals surface area contributed by atoms with Crippen LogP contribution in [0.25, 0.3) is 0 Å². The van der Waals surface area contributed by atoms with Gasteiger partial charge in [0.15, 0.2) is 0 Å². The van der Waals surface area contributed by atoms with Crippen LogP contribution in [0.1, 0.15) is 67.7 Å². The van der Waals surface area contributed by atoms with Crippen LogP contribution < -0.4 is 0 Å². The van der Waals surface area contributed by atoms with Crippen molar-refractivity contribution in [2.45, 2.75) is 67.7 Å². The SMILES string of the molecule is CCC(CC)C(C)C(CC(C)C)C(C)C. The third kappa shape index (κ3) is 5.04. The molecule has 0 aliphatic carbocycles. The van der Waals surface area contributed by atoms with Crippen molar-refractivity contribution in [3.63, 3.8) is 0 Å². The first-order valence-corrected chi connectivity index (χ1v) is 6.93. The first kappa shape index (κ1) is 15.0. The van der Waals surface area contributed by atoms with E-state index in [0.717, 1.165) is 29.6 Å². The Labute approximate surface area is 97.8 Å². The quantitative estimate of drug-likeness (QED) is 0.531. The highest BCUT2D eigenvalue weighted by Crippen LogP contribution is 2.35. The molecule has 2 atom stereocenters. The standard InChI is InChI=1S/C15H32/c1-8-14(9-2)13(7)15(12(5)6)10-11(3)4/h11-15H,8-10H2,1-7H3. The van der Waals surface area contributed by atoms with Crippen LogP contribution in [0.5, 0.6) is 0 Å². The van der Waals surface area contributed by atoms with Gasteiger partial charge in [0, 0.05) is 0 Å². The Morgan fingerprint density at radius 3 is 1.53 bits per heavy atom. The predicted octanol–water partition coefficient (Wildman–Crippen LogP) is 5.38. The van der Waals surface area contributed by atoms with Gasteiger partial charge in [-0.15, -0.1) is 0 Å². The summed E-state index contributed by atoms with van der Waals surface area (Å²) in [5.41, 5.74) is 0. The minimum Gasteiger partial charge on any atom is -0.0651 e. The molecule has 0 rings (SSSR count). The Morgan fingerprint density at radius 2 is 1.27 bits per heavy atom. The van der Waals surface area contributed by atoms with Crippen molar-refractivity contribution in [2.75, 3.05) is 0 Å².